The summed E-state index contributed by atoms with van der Waals surface area (Å²) in [7, 11) is 0. The molecule has 1 heterocycles. The fraction of sp³-hybridized carbons (Fsp3) is 0.214. The van der Waals surface area contributed by atoms with Gasteiger partial charge in [-0.1, -0.05) is 35.3 Å². The van der Waals surface area contributed by atoms with Crippen molar-refractivity contribution in [2.24, 2.45) is 0 Å². The van der Waals surface area contributed by atoms with Crippen LogP contribution in [0.1, 0.15) is 24.1 Å². The highest BCUT2D eigenvalue weighted by atomic mass is 35.5. The molecule has 110 valence electrons. The van der Waals surface area contributed by atoms with Crippen LogP contribution in [0.15, 0.2) is 30.3 Å². The van der Waals surface area contributed by atoms with Gasteiger partial charge >= 0.3 is 0 Å². The predicted molar refractivity (Wildman–Crippen MR) is 84.1 cm³/mol. The summed E-state index contributed by atoms with van der Waals surface area (Å²) < 4.78 is 0. The van der Waals surface area contributed by atoms with Crippen molar-refractivity contribution in [3.05, 3.63) is 61.9 Å². The van der Waals surface area contributed by atoms with E-state index >= 15 is 0 Å². The molecule has 1 unspecified atom stereocenters. The van der Waals surface area contributed by atoms with Crippen LogP contribution >= 0.6 is 23.2 Å². The van der Waals surface area contributed by atoms with Crippen LogP contribution in [0, 0.1) is 17.0 Å². The first kappa shape index (κ1) is 15.5. The minimum atomic E-state index is -0.418. The van der Waals surface area contributed by atoms with Crippen LogP contribution in [-0.2, 0) is 0 Å². The number of nitrogens with one attached hydrogen (secondary N) is 1. The molecule has 0 radical (unpaired) electrons. The topological polar surface area (TPSA) is 68.1 Å². The van der Waals surface area contributed by atoms with Crippen molar-refractivity contribution >= 4 is 34.6 Å². The number of hydrogen-bond acceptors (Lipinski definition) is 4. The zero-order valence-corrected chi connectivity index (χ0v) is 12.9. The van der Waals surface area contributed by atoms with Crippen LogP contribution in [0.4, 0.5) is 11.4 Å². The lowest BCUT2D eigenvalue weighted by molar-refractivity contribution is -0.384. The van der Waals surface area contributed by atoms with Crippen molar-refractivity contribution in [1.82, 2.24) is 4.98 Å². The summed E-state index contributed by atoms with van der Waals surface area (Å²) in [4.78, 5) is 14.4. The van der Waals surface area contributed by atoms with E-state index in [9.17, 15) is 10.1 Å². The van der Waals surface area contributed by atoms with Gasteiger partial charge in [-0.25, -0.2) is 4.98 Å². The molecule has 0 aliphatic heterocycles. The number of aromatic nitrogens is 1. The molecule has 0 bridgehead atoms. The third kappa shape index (κ3) is 3.62. The molecule has 1 aromatic heterocycles. The number of nitrogens with zero attached hydrogens (tertiary/aromatic N) is 2. The molecule has 0 fully saturated rings. The van der Waals surface area contributed by atoms with E-state index < -0.39 is 4.92 Å². The largest absolute Gasteiger partial charge is 0.376 e. The quantitative estimate of drug-likeness (QED) is 0.499. The highest BCUT2D eigenvalue weighted by molar-refractivity contribution is 6.34. The van der Waals surface area contributed by atoms with Crippen LogP contribution in [0.5, 0.6) is 0 Å². The maximum atomic E-state index is 10.8. The Morgan fingerprint density at radius 1 is 1.33 bits per heavy atom. The van der Waals surface area contributed by atoms with Gasteiger partial charge in [0, 0.05) is 18.2 Å². The predicted octanol–water partition coefficient (Wildman–Crippen LogP) is 4.78. The first-order valence-electron chi connectivity index (χ1n) is 6.22. The molecule has 0 amide bonds. The lowest BCUT2D eigenvalue weighted by Gasteiger charge is -2.18. The van der Waals surface area contributed by atoms with E-state index in [0.717, 1.165) is 11.1 Å². The maximum Gasteiger partial charge on any atom is 0.269 e. The average molecular weight is 326 g/mol. The van der Waals surface area contributed by atoms with Gasteiger partial charge in [0.05, 0.1) is 10.6 Å². The minimum absolute atomic E-state index is 0.0539. The Balaban J connectivity index is 2.28. The second-order valence-electron chi connectivity index (χ2n) is 4.65. The zero-order chi connectivity index (χ0) is 15.6. The zero-order valence-electron chi connectivity index (χ0n) is 11.4. The molecule has 21 heavy (non-hydrogen) atoms. The maximum absolute atomic E-state index is 10.8. The second-order valence-corrected chi connectivity index (χ2v) is 5.39. The van der Waals surface area contributed by atoms with E-state index in [0.29, 0.717) is 10.8 Å². The first-order valence-corrected chi connectivity index (χ1v) is 6.97. The number of pyridine rings is 1. The van der Waals surface area contributed by atoms with Gasteiger partial charge < -0.3 is 5.32 Å². The van der Waals surface area contributed by atoms with Gasteiger partial charge in [-0.15, -0.1) is 0 Å². The number of anilines is 1. The summed E-state index contributed by atoms with van der Waals surface area (Å²) in [5.74, 6) is 0. The Kier molecular flexibility index (Phi) is 4.65. The van der Waals surface area contributed by atoms with Crippen LogP contribution in [-0.4, -0.2) is 9.91 Å². The number of hydrogen-bond donors (Lipinski definition) is 1. The van der Waals surface area contributed by atoms with Crippen molar-refractivity contribution in [3.8, 4) is 0 Å². The molecule has 2 rings (SSSR count). The van der Waals surface area contributed by atoms with Gasteiger partial charge in [0.25, 0.3) is 5.69 Å². The minimum Gasteiger partial charge on any atom is -0.376 e. The highest BCUT2D eigenvalue weighted by Gasteiger charge is 2.14. The summed E-state index contributed by atoms with van der Waals surface area (Å²) in [6, 6.07) is 8.00. The molecule has 1 atom stereocenters. The van der Waals surface area contributed by atoms with Crippen LogP contribution in [0.3, 0.4) is 0 Å². The fourth-order valence-electron chi connectivity index (χ4n) is 1.98. The number of rotatable bonds is 4. The standard InChI is InChI=1S/C14H13Cl2N3O2/c1-8-6-12(15)18-14(16)13(8)17-9(2)10-4-3-5-11(7-10)19(20)21/h3-7,9,17H,1-2H3. The van der Waals surface area contributed by atoms with E-state index in [1.54, 1.807) is 12.1 Å². The van der Waals surface area contributed by atoms with Gasteiger partial charge in [-0.3, -0.25) is 10.1 Å². The number of halogens is 2. The van der Waals surface area contributed by atoms with Crippen LogP contribution < -0.4 is 5.32 Å². The molecule has 0 aliphatic rings. The van der Waals surface area contributed by atoms with Gasteiger partial charge in [0.2, 0.25) is 0 Å². The third-order valence-corrected chi connectivity index (χ3v) is 3.55. The van der Waals surface area contributed by atoms with Crippen molar-refractivity contribution < 1.29 is 4.92 Å². The summed E-state index contributed by atoms with van der Waals surface area (Å²) in [6.45, 7) is 3.76. The lowest BCUT2D eigenvalue weighted by atomic mass is 10.1. The second kappa shape index (κ2) is 6.28. The molecule has 0 saturated heterocycles. The van der Waals surface area contributed by atoms with E-state index in [1.807, 2.05) is 19.9 Å². The van der Waals surface area contributed by atoms with Gasteiger partial charge in [-0.2, -0.15) is 0 Å². The molecular weight excluding hydrogens is 313 g/mol. The van der Waals surface area contributed by atoms with Crippen molar-refractivity contribution in [2.75, 3.05) is 5.32 Å². The fourth-order valence-corrected chi connectivity index (χ4v) is 2.56. The molecule has 0 saturated carbocycles. The number of nitro groups is 1. The Morgan fingerprint density at radius 2 is 2.05 bits per heavy atom. The molecule has 7 heteroatoms. The van der Waals surface area contributed by atoms with Crippen molar-refractivity contribution in [2.45, 2.75) is 19.9 Å². The molecule has 1 N–H and O–H groups in total. The normalized spacial score (nSPS) is 12.0. The third-order valence-electron chi connectivity index (χ3n) is 3.08. The molecule has 0 spiro atoms. The summed E-state index contributed by atoms with van der Waals surface area (Å²) in [6.07, 6.45) is 0. The van der Waals surface area contributed by atoms with E-state index in [2.05, 4.69) is 10.3 Å². The van der Waals surface area contributed by atoms with Crippen molar-refractivity contribution in [1.29, 1.82) is 0 Å². The van der Waals surface area contributed by atoms with Crippen LogP contribution in [0.2, 0.25) is 10.3 Å². The molecule has 0 aliphatic carbocycles. The summed E-state index contributed by atoms with van der Waals surface area (Å²) in [5, 5.41) is 14.6. The Bertz CT molecular complexity index is 669. The number of benzene rings is 1. The monoisotopic (exact) mass is 325 g/mol. The Labute approximate surface area is 132 Å². The van der Waals surface area contributed by atoms with Crippen molar-refractivity contribution in [3.63, 3.8) is 0 Å². The number of nitro benzene ring substituents is 1. The van der Waals surface area contributed by atoms with E-state index in [-0.39, 0.29) is 16.9 Å². The van der Waals surface area contributed by atoms with Crippen LogP contribution in [0.25, 0.3) is 0 Å². The molecule has 2 aromatic rings. The average Bonchev–Trinajstić information content (AvgIpc) is 2.42. The number of aryl methyl sites for hydroxylation is 1. The van der Waals surface area contributed by atoms with E-state index in [4.69, 9.17) is 23.2 Å². The first-order chi connectivity index (χ1) is 9.88. The number of non-ortho nitro benzene ring substituents is 1. The molecule has 1 aromatic carbocycles. The van der Waals surface area contributed by atoms with Gasteiger partial charge in [-0.05, 0) is 31.0 Å². The smallest absolute Gasteiger partial charge is 0.269 e. The van der Waals surface area contributed by atoms with Gasteiger partial charge in [0.15, 0.2) is 5.15 Å². The Morgan fingerprint density at radius 3 is 2.67 bits per heavy atom. The van der Waals surface area contributed by atoms with Gasteiger partial charge in [0.1, 0.15) is 5.15 Å². The molecule has 5 nitrogen and oxygen atoms in total. The lowest BCUT2D eigenvalue weighted by Crippen LogP contribution is -2.09. The summed E-state index contributed by atoms with van der Waals surface area (Å²) in [5.41, 5.74) is 2.37. The van der Waals surface area contributed by atoms with E-state index in [1.165, 1.54) is 12.1 Å². The highest BCUT2D eigenvalue weighted by Crippen LogP contribution is 2.30. The SMILES string of the molecule is Cc1cc(Cl)nc(Cl)c1NC(C)c1cccc([N+](=O)[O-])c1. The molecular formula is C14H13Cl2N3O2. The Hall–Kier alpha value is -1.85. The summed E-state index contributed by atoms with van der Waals surface area (Å²) >= 11 is 11.9.